The Bertz CT molecular complexity index is 553. The number of ether oxygens (including phenoxy) is 1. The summed E-state index contributed by atoms with van der Waals surface area (Å²) >= 11 is 0. The lowest BCUT2D eigenvalue weighted by Crippen LogP contribution is -2.37. The van der Waals surface area contributed by atoms with Crippen molar-refractivity contribution in [2.24, 2.45) is 4.99 Å². The third kappa shape index (κ3) is 9.98. The maximum absolute atomic E-state index is 11.0. The van der Waals surface area contributed by atoms with E-state index in [2.05, 4.69) is 46.1 Å². The van der Waals surface area contributed by atoms with Crippen LogP contribution >= 0.6 is 24.0 Å². The van der Waals surface area contributed by atoms with Gasteiger partial charge < -0.3 is 19.8 Å². The summed E-state index contributed by atoms with van der Waals surface area (Å²) < 4.78 is 10.4. The van der Waals surface area contributed by atoms with Crippen LogP contribution in [0.5, 0.6) is 0 Å². The number of oxazole rings is 1. The molecule has 0 amide bonds. The van der Waals surface area contributed by atoms with Crippen molar-refractivity contribution in [2.45, 2.75) is 65.3 Å². The van der Waals surface area contributed by atoms with E-state index < -0.39 is 0 Å². The summed E-state index contributed by atoms with van der Waals surface area (Å²) in [6.45, 7) is 10.3. The molecule has 0 saturated carbocycles. The molecule has 1 aromatic rings. The number of nitrogens with zero attached hydrogens (tertiary/aromatic N) is 2. The molecule has 0 unspecified atom stereocenters. The van der Waals surface area contributed by atoms with Crippen LogP contribution in [0.4, 0.5) is 0 Å². The van der Waals surface area contributed by atoms with Gasteiger partial charge in [0.25, 0.3) is 0 Å². The molecule has 2 N–H and O–H groups in total. The van der Waals surface area contributed by atoms with E-state index in [0.717, 1.165) is 44.1 Å². The SMILES string of the molecule is CCNC(=NCc1ncc(C(C)(C)C)o1)NCCCCCC(=O)OC.I. The molecule has 8 heteroatoms. The zero-order valence-electron chi connectivity index (χ0n) is 16.6. The highest BCUT2D eigenvalue weighted by Gasteiger charge is 2.18. The average Bonchev–Trinajstić information content (AvgIpc) is 3.04. The molecule has 0 radical (unpaired) electrons. The highest BCUT2D eigenvalue weighted by Crippen LogP contribution is 2.22. The number of hydrogen-bond acceptors (Lipinski definition) is 5. The number of guanidine groups is 1. The smallest absolute Gasteiger partial charge is 0.305 e. The predicted octanol–water partition coefficient (Wildman–Crippen LogP) is 3.38. The van der Waals surface area contributed by atoms with Crippen molar-refractivity contribution in [2.75, 3.05) is 20.2 Å². The summed E-state index contributed by atoms with van der Waals surface area (Å²) in [6.07, 6.45) is 5.02. The maximum Gasteiger partial charge on any atom is 0.305 e. The van der Waals surface area contributed by atoms with Gasteiger partial charge in [-0.1, -0.05) is 27.2 Å². The topological polar surface area (TPSA) is 88.8 Å². The fourth-order valence-electron chi connectivity index (χ4n) is 2.10. The summed E-state index contributed by atoms with van der Waals surface area (Å²) in [5.74, 6) is 2.07. The number of aliphatic imine (C=N–C) groups is 1. The van der Waals surface area contributed by atoms with Crippen molar-refractivity contribution < 1.29 is 13.9 Å². The van der Waals surface area contributed by atoms with Crippen molar-refractivity contribution in [3.63, 3.8) is 0 Å². The summed E-state index contributed by atoms with van der Waals surface area (Å²) in [5.41, 5.74) is -0.0537. The number of nitrogens with one attached hydrogen (secondary N) is 2. The molecule has 1 heterocycles. The van der Waals surface area contributed by atoms with Crippen LogP contribution in [-0.2, 0) is 21.5 Å². The molecule has 0 aliphatic rings. The summed E-state index contributed by atoms with van der Waals surface area (Å²) in [5, 5.41) is 6.49. The first-order valence-electron chi connectivity index (χ1n) is 8.91. The van der Waals surface area contributed by atoms with Crippen molar-refractivity contribution >= 4 is 35.9 Å². The van der Waals surface area contributed by atoms with Gasteiger partial charge in [-0.3, -0.25) is 4.79 Å². The summed E-state index contributed by atoms with van der Waals surface area (Å²) in [7, 11) is 1.42. The van der Waals surface area contributed by atoms with Gasteiger partial charge >= 0.3 is 5.97 Å². The molecular weight excluding hydrogens is 447 g/mol. The van der Waals surface area contributed by atoms with Crippen LogP contribution in [0.2, 0.25) is 0 Å². The Balaban J connectivity index is 0.00000625. The van der Waals surface area contributed by atoms with E-state index >= 15 is 0 Å². The van der Waals surface area contributed by atoms with Gasteiger partial charge in [0.15, 0.2) is 5.96 Å². The van der Waals surface area contributed by atoms with Crippen LogP contribution in [-0.4, -0.2) is 37.1 Å². The van der Waals surface area contributed by atoms with Crippen molar-refractivity contribution in [1.82, 2.24) is 15.6 Å². The van der Waals surface area contributed by atoms with Gasteiger partial charge in [-0.25, -0.2) is 9.98 Å². The van der Waals surface area contributed by atoms with E-state index in [4.69, 9.17) is 4.42 Å². The lowest BCUT2D eigenvalue weighted by molar-refractivity contribution is -0.140. The van der Waals surface area contributed by atoms with E-state index in [1.807, 2.05) is 6.92 Å². The van der Waals surface area contributed by atoms with Crippen LogP contribution in [0, 0.1) is 0 Å². The molecule has 0 atom stereocenters. The number of methoxy groups -OCH3 is 1. The van der Waals surface area contributed by atoms with Gasteiger partial charge in [0.1, 0.15) is 12.3 Å². The predicted molar refractivity (Wildman–Crippen MR) is 114 cm³/mol. The zero-order valence-corrected chi connectivity index (χ0v) is 18.9. The molecule has 0 saturated heterocycles. The third-order valence-electron chi connectivity index (χ3n) is 3.59. The zero-order chi connectivity index (χ0) is 18.7. The molecular formula is C18H33IN4O3. The Labute approximate surface area is 173 Å². The minimum atomic E-state index is -0.150. The molecule has 0 spiro atoms. The first kappa shape index (κ1) is 24.7. The Morgan fingerprint density at radius 2 is 2.00 bits per heavy atom. The van der Waals surface area contributed by atoms with Crippen LogP contribution in [0.1, 0.15) is 65.0 Å². The van der Waals surface area contributed by atoms with Gasteiger partial charge in [0.2, 0.25) is 5.89 Å². The molecule has 1 aromatic heterocycles. The molecule has 150 valence electrons. The van der Waals surface area contributed by atoms with Gasteiger partial charge in [-0.15, -0.1) is 24.0 Å². The normalized spacial score (nSPS) is 11.7. The minimum Gasteiger partial charge on any atom is -0.469 e. The second-order valence-corrected chi connectivity index (χ2v) is 6.88. The number of esters is 1. The molecule has 0 bridgehead atoms. The summed E-state index contributed by atoms with van der Waals surface area (Å²) in [6, 6.07) is 0. The number of aromatic nitrogens is 1. The fourth-order valence-corrected chi connectivity index (χ4v) is 2.10. The van der Waals surface area contributed by atoms with E-state index in [1.54, 1.807) is 6.20 Å². The van der Waals surface area contributed by atoms with Gasteiger partial charge in [-0.05, 0) is 19.8 Å². The number of carbonyl (C=O) groups is 1. The molecule has 7 nitrogen and oxygen atoms in total. The largest absolute Gasteiger partial charge is 0.469 e. The van der Waals surface area contributed by atoms with E-state index in [9.17, 15) is 4.79 Å². The van der Waals surface area contributed by atoms with Crippen molar-refractivity contribution in [3.8, 4) is 0 Å². The van der Waals surface area contributed by atoms with Crippen LogP contribution < -0.4 is 10.6 Å². The number of carbonyl (C=O) groups excluding carboxylic acids is 1. The summed E-state index contributed by atoms with van der Waals surface area (Å²) in [4.78, 5) is 19.8. The van der Waals surface area contributed by atoms with Gasteiger partial charge in [0, 0.05) is 24.9 Å². The number of hydrogen-bond donors (Lipinski definition) is 2. The standard InChI is InChI=1S/C18H32N4O3.HI/c1-6-19-17(20-11-9-7-8-10-16(23)24-5)22-13-15-21-12-14(25-15)18(2,3)4;/h12H,6-11,13H2,1-5H3,(H2,19,20,22);1H. The first-order valence-corrected chi connectivity index (χ1v) is 8.91. The number of rotatable bonds is 9. The van der Waals surface area contributed by atoms with Crippen molar-refractivity contribution in [3.05, 3.63) is 17.8 Å². The van der Waals surface area contributed by atoms with Gasteiger partial charge in [0.05, 0.1) is 13.3 Å². The maximum atomic E-state index is 11.0. The van der Waals surface area contributed by atoms with Gasteiger partial charge in [-0.2, -0.15) is 0 Å². The van der Waals surface area contributed by atoms with Crippen LogP contribution in [0.3, 0.4) is 0 Å². The Kier molecular flexibility index (Phi) is 12.3. The fraction of sp³-hybridized carbons (Fsp3) is 0.722. The van der Waals surface area contributed by atoms with Crippen molar-refractivity contribution in [1.29, 1.82) is 0 Å². The Hall–Kier alpha value is -1.32. The van der Waals surface area contributed by atoms with Crippen LogP contribution in [0.25, 0.3) is 0 Å². The first-order chi connectivity index (χ1) is 11.9. The van der Waals surface area contributed by atoms with E-state index in [1.165, 1.54) is 7.11 Å². The van der Waals surface area contributed by atoms with E-state index in [-0.39, 0.29) is 35.4 Å². The molecule has 1 rings (SSSR count). The number of halogens is 1. The highest BCUT2D eigenvalue weighted by atomic mass is 127. The lowest BCUT2D eigenvalue weighted by Gasteiger charge is -2.13. The molecule has 0 aromatic carbocycles. The molecule has 0 fully saturated rings. The monoisotopic (exact) mass is 480 g/mol. The second kappa shape index (κ2) is 12.9. The third-order valence-corrected chi connectivity index (χ3v) is 3.59. The highest BCUT2D eigenvalue weighted by molar-refractivity contribution is 14.0. The Morgan fingerprint density at radius 3 is 2.58 bits per heavy atom. The molecule has 0 aliphatic heterocycles. The average molecular weight is 480 g/mol. The number of unbranched alkanes of at least 4 members (excludes halogenated alkanes) is 2. The Morgan fingerprint density at radius 1 is 1.27 bits per heavy atom. The molecule has 0 aliphatic carbocycles. The lowest BCUT2D eigenvalue weighted by atomic mass is 9.94. The minimum absolute atomic E-state index is 0. The second-order valence-electron chi connectivity index (χ2n) is 6.88. The quantitative estimate of drug-likeness (QED) is 0.185. The molecule has 26 heavy (non-hydrogen) atoms. The van der Waals surface area contributed by atoms with E-state index in [0.29, 0.717) is 18.9 Å². The van der Waals surface area contributed by atoms with Crippen LogP contribution in [0.15, 0.2) is 15.6 Å².